The number of likely N-dealkylation sites (tertiary alicyclic amines) is 1. The van der Waals surface area contributed by atoms with Crippen molar-refractivity contribution in [1.29, 1.82) is 0 Å². The molecule has 1 amide bonds. The maximum Gasteiger partial charge on any atom is 0.230 e. The molecule has 1 aromatic carbocycles. The normalized spacial score (nSPS) is 21.1. The minimum absolute atomic E-state index is 0.00400. The van der Waals surface area contributed by atoms with Gasteiger partial charge < -0.3 is 10.6 Å². The standard InChI is InChI=1S/C11H12N2O2/c1-13-10(15)6-9(14)11(13)7-3-2-4-8(12)5-7/h2-5,11H,6,12H2,1H3. The SMILES string of the molecule is CN1C(=O)CC(=O)C1c1cccc(N)c1. The van der Waals surface area contributed by atoms with Crippen LogP contribution in [0.1, 0.15) is 18.0 Å². The minimum atomic E-state index is -0.457. The van der Waals surface area contributed by atoms with Crippen LogP contribution in [0.5, 0.6) is 0 Å². The fraction of sp³-hybridized carbons (Fsp3) is 0.273. The summed E-state index contributed by atoms with van der Waals surface area (Å²) in [7, 11) is 1.64. The molecule has 0 aliphatic carbocycles. The van der Waals surface area contributed by atoms with Crippen LogP contribution in [0, 0.1) is 0 Å². The number of hydrogen-bond donors (Lipinski definition) is 1. The van der Waals surface area contributed by atoms with Gasteiger partial charge >= 0.3 is 0 Å². The van der Waals surface area contributed by atoms with Gasteiger partial charge in [0.1, 0.15) is 6.04 Å². The molecular formula is C11H12N2O2. The smallest absolute Gasteiger partial charge is 0.230 e. The Morgan fingerprint density at radius 2 is 2.13 bits per heavy atom. The number of nitrogen functional groups attached to an aromatic ring is 1. The van der Waals surface area contributed by atoms with E-state index in [4.69, 9.17) is 5.73 Å². The van der Waals surface area contributed by atoms with Crippen LogP contribution in [0.2, 0.25) is 0 Å². The Morgan fingerprint density at radius 3 is 2.67 bits per heavy atom. The molecule has 2 rings (SSSR count). The fourth-order valence-corrected chi connectivity index (χ4v) is 1.87. The molecule has 1 fully saturated rings. The summed E-state index contributed by atoms with van der Waals surface area (Å²) in [5.41, 5.74) is 7.03. The monoisotopic (exact) mass is 204 g/mol. The zero-order valence-electron chi connectivity index (χ0n) is 8.43. The molecule has 1 heterocycles. The van der Waals surface area contributed by atoms with Gasteiger partial charge in [0.25, 0.3) is 0 Å². The number of anilines is 1. The van der Waals surface area contributed by atoms with Crippen molar-refractivity contribution in [2.45, 2.75) is 12.5 Å². The number of carbonyl (C=O) groups excluding carboxylic acids is 2. The lowest BCUT2D eigenvalue weighted by Crippen LogP contribution is -2.24. The van der Waals surface area contributed by atoms with E-state index in [0.29, 0.717) is 5.69 Å². The van der Waals surface area contributed by atoms with Crippen LogP contribution in [-0.2, 0) is 9.59 Å². The van der Waals surface area contributed by atoms with Crippen molar-refractivity contribution in [3.63, 3.8) is 0 Å². The minimum Gasteiger partial charge on any atom is -0.399 e. The molecule has 0 aromatic heterocycles. The molecule has 2 N–H and O–H groups in total. The summed E-state index contributed by atoms with van der Waals surface area (Å²) >= 11 is 0. The number of amides is 1. The summed E-state index contributed by atoms with van der Waals surface area (Å²) < 4.78 is 0. The van der Waals surface area contributed by atoms with Crippen LogP contribution in [-0.4, -0.2) is 23.6 Å². The van der Waals surface area contributed by atoms with Crippen LogP contribution in [0.4, 0.5) is 5.69 Å². The van der Waals surface area contributed by atoms with E-state index in [-0.39, 0.29) is 18.1 Å². The Hall–Kier alpha value is -1.84. The summed E-state index contributed by atoms with van der Waals surface area (Å²) in [6.07, 6.45) is -0.00400. The summed E-state index contributed by atoms with van der Waals surface area (Å²) in [6, 6.07) is 6.63. The summed E-state index contributed by atoms with van der Waals surface area (Å²) in [6.45, 7) is 0. The van der Waals surface area contributed by atoms with Crippen molar-refractivity contribution in [2.24, 2.45) is 0 Å². The second-order valence-corrected chi connectivity index (χ2v) is 3.72. The van der Waals surface area contributed by atoms with Crippen molar-refractivity contribution in [3.05, 3.63) is 29.8 Å². The lowest BCUT2D eigenvalue weighted by atomic mass is 10.0. The molecule has 1 atom stereocenters. The zero-order chi connectivity index (χ0) is 11.0. The molecule has 78 valence electrons. The summed E-state index contributed by atoms with van der Waals surface area (Å²) in [5, 5.41) is 0. The molecule has 1 saturated heterocycles. The lowest BCUT2D eigenvalue weighted by molar-refractivity contribution is -0.127. The highest BCUT2D eigenvalue weighted by Gasteiger charge is 2.36. The zero-order valence-corrected chi connectivity index (χ0v) is 8.43. The number of hydrogen-bond acceptors (Lipinski definition) is 3. The van der Waals surface area contributed by atoms with Gasteiger partial charge in [-0.2, -0.15) is 0 Å². The van der Waals surface area contributed by atoms with Crippen LogP contribution in [0.25, 0.3) is 0 Å². The highest BCUT2D eigenvalue weighted by Crippen LogP contribution is 2.28. The molecule has 1 aromatic rings. The molecule has 1 aliphatic heterocycles. The number of carbonyl (C=O) groups is 2. The Bertz CT molecular complexity index is 428. The van der Waals surface area contributed by atoms with Crippen molar-refractivity contribution < 1.29 is 9.59 Å². The van der Waals surface area contributed by atoms with Gasteiger partial charge in [-0.05, 0) is 17.7 Å². The molecule has 0 bridgehead atoms. The van der Waals surface area contributed by atoms with Gasteiger partial charge in [0.15, 0.2) is 5.78 Å². The van der Waals surface area contributed by atoms with Crippen LogP contribution >= 0.6 is 0 Å². The van der Waals surface area contributed by atoms with E-state index in [1.165, 1.54) is 4.90 Å². The van der Waals surface area contributed by atoms with E-state index in [1.54, 1.807) is 25.2 Å². The van der Waals surface area contributed by atoms with Crippen molar-refractivity contribution >= 4 is 17.4 Å². The second kappa shape index (κ2) is 3.38. The van der Waals surface area contributed by atoms with Gasteiger partial charge in [0.05, 0.1) is 6.42 Å². The maximum absolute atomic E-state index is 11.6. The van der Waals surface area contributed by atoms with Gasteiger partial charge in [-0.1, -0.05) is 12.1 Å². The van der Waals surface area contributed by atoms with Gasteiger partial charge in [-0.25, -0.2) is 0 Å². The predicted molar refractivity (Wildman–Crippen MR) is 56.0 cm³/mol. The highest BCUT2D eigenvalue weighted by molar-refractivity contribution is 6.07. The molecule has 4 heteroatoms. The third-order valence-electron chi connectivity index (χ3n) is 2.64. The number of Topliss-reactive ketones (excluding diaryl/α,β-unsaturated/α-hetero) is 1. The third kappa shape index (κ3) is 1.58. The van der Waals surface area contributed by atoms with Crippen molar-refractivity contribution in [2.75, 3.05) is 12.8 Å². The Labute approximate surface area is 87.7 Å². The Kier molecular flexibility index (Phi) is 2.19. The first-order valence-corrected chi connectivity index (χ1v) is 4.73. The van der Waals surface area contributed by atoms with E-state index in [0.717, 1.165) is 5.56 Å². The fourth-order valence-electron chi connectivity index (χ4n) is 1.87. The van der Waals surface area contributed by atoms with Gasteiger partial charge in [-0.3, -0.25) is 9.59 Å². The average Bonchev–Trinajstić information content (AvgIpc) is 2.41. The second-order valence-electron chi connectivity index (χ2n) is 3.72. The average molecular weight is 204 g/mol. The molecule has 0 spiro atoms. The third-order valence-corrected chi connectivity index (χ3v) is 2.64. The van der Waals surface area contributed by atoms with E-state index in [9.17, 15) is 9.59 Å². The number of benzene rings is 1. The van der Waals surface area contributed by atoms with Crippen LogP contribution < -0.4 is 5.73 Å². The molecule has 1 unspecified atom stereocenters. The topological polar surface area (TPSA) is 63.4 Å². The Morgan fingerprint density at radius 1 is 1.40 bits per heavy atom. The molecule has 15 heavy (non-hydrogen) atoms. The number of nitrogens with zero attached hydrogens (tertiary/aromatic N) is 1. The van der Waals surface area contributed by atoms with Gasteiger partial charge in [0.2, 0.25) is 5.91 Å². The largest absolute Gasteiger partial charge is 0.399 e. The van der Waals surface area contributed by atoms with E-state index >= 15 is 0 Å². The first-order valence-electron chi connectivity index (χ1n) is 4.73. The predicted octanol–water partition coefficient (Wildman–Crippen LogP) is 0.741. The quantitative estimate of drug-likeness (QED) is 0.542. The van der Waals surface area contributed by atoms with E-state index in [2.05, 4.69) is 0 Å². The summed E-state index contributed by atoms with van der Waals surface area (Å²) in [4.78, 5) is 24.4. The highest BCUT2D eigenvalue weighted by atomic mass is 16.2. The molecule has 0 radical (unpaired) electrons. The number of ketones is 1. The van der Waals surface area contributed by atoms with E-state index < -0.39 is 6.04 Å². The lowest BCUT2D eigenvalue weighted by Gasteiger charge is -2.18. The number of likely N-dealkylation sites (N-methyl/N-ethyl adjacent to an activating group) is 1. The van der Waals surface area contributed by atoms with E-state index in [1.807, 2.05) is 6.07 Å². The van der Waals surface area contributed by atoms with Crippen molar-refractivity contribution in [1.82, 2.24) is 4.90 Å². The molecule has 1 aliphatic rings. The molecular weight excluding hydrogens is 192 g/mol. The van der Waals surface area contributed by atoms with Crippen molar-refractivity contribution in [3.8, 4) is 0 Å². The first-order chi connectivity index (χ1) is 7.09. The number of nitrogens with two attached hydrogens (primary N) is 1. The van der Waals surface area contributed by atoms with Gasteiger partial charge in [-0.15, -0.1) is 0 Å². The van der Waals surface area contributed by atoms with Crippen LogP contribution in [0.15, 0.2) is 24.3 Å². The maximum atomic E-state index is 11.6. The number of rotatable bonds is 1. The van der Waals surface area contributed by atoms with Gasteiger partial charge in [0, 0.05) is 12.7 Å². The first kappa shape index (κ1) is 9.71. The summed E-state index contributed by atoms with van der Waals surface area (Å²) in [5.74, 6) is -0.194. The van der Waals surface area contributed by atoms with Crippen LogP contribution in [0.3, 0.4) is 0 Å². The molecule has 0 saturated carbocycles. The Balaban J connectivity index is 2.39. The molecule has 4 nitrogen and oxygen atoms in total.